The minimum atomic E-state index is -0.429. The van der Waals surface area contributed by atoms with Crippen LogP contribution in [-0.2, 0) is 11.2 Å². The fraction of sp³-hybridized carbons (Fsp3) is 0.200. The predicted molar refractivity (Wildman–Crippen MR) is 78.8 cm³/mol. The van der Waals surface area contributed by atoms with E-state index >= 15 is 0 Å². The summed E-state index contributed by atoms with van der Waals surface area (Å²) in [5, 5.41) is 5.28. The van der Waals surface area contributed by atoms with Crippen molar-refractivity contribution in [1.29, 1.82) is 0 Å². The van der Waals surface area contributed by atoms with Crippen LogP contribution in [0.15, 0.2) is 42.9 Å². The monoisotopic (exact) mass is 284 g/mol. The summed E-state index contributed by atoms with van der Waals surface area (Å²) in [5.41, 5.74) is 1.99. The molecule has 108 valence electrons. The van der Waals surface area contributed by atoms with Crippen LogP contribution in [0.25, 0.3) is 0 Å². The summed E-state index contributed by atoms with van der Waals surface area (Å²) in [6.07, 6.45) is 5.07. The summed E-state index contributed by atoms with van der Waals surface area (Å²) in [5.74, 6) is -0.713. The van der Waals surface area contributed by atoms with E-state index in [9.17, 15) is 9.59 Å². The number of aromatic nitrogens is 2. The fourth-order valence-corrected chi connectivity index (χ4v) is 1.81. The number of carbonyl (C=O) groups excluding carboxylic acids is 2. The third kappa shape index (κ3) is 4.10. The largest absolute Gasteiger partial charge is 0.342 e. The van der Waals surface area contributed by atoms with Crippen molar-refractivity contribution in [2.45, 2.75) is 13.3 Å². The molecular formula is C15H16N4O2. The molecule has 0 spiro atoms. The summed E-state index contributed by atoms with van der Waals surface area (Å²) >= 11 is 0. The summed E-state index contributed by atoms with van der Waals surface area (Å²) in [6.45, 7) is 1.90. The standard InChI is InChI=1S/C15H16N4O2/c1-2-11-5-3-4-6-12(11)19-14(20)10-18-15(21)13-9-16-7-8-17-13/h3-9H,2,10H2,1H3,(H,18,21)(H,19,20). The number of amides is 2. The molecule has 2 aromatic rings. The van der Waals surface area contributed by atoms with Gasteiger partial charge in [-0.1, -0.05) is 25.1 Å². The first kappa shape index (κ1) is 14.6. The fourth-order valence-electron chi connectivity index (χ4n) is 1.81. The van der Waals surface area contributed by atoms with Crippen LogP contribution in [-0.4, -0.2) is 28.3 Å². The van der Waals surface area contributed by atoms with Gasteiger partial charge in [-0.15, -0.1) is 0 Å². The van der Waals surface area contributed by atoms with Gasteiger partial charge in [-0.2, -0.15) is 0 Å². The molecule has 0 aliphatic heterocycles. The molecule has 2 rings (SSSR count). The van der Waals surface area contributed by atoms with Crippen molar-refractivity contribution in [3.05, 3.63) is 54.1 Å². The summed E-state index contributed by atoms with van der Waals surface area (Å²) in [4.78, 5) is 31.2. The molecule has 2 N–H and O–H groups in total. The van der Waals surface area contributed by atoms with Crippen LogP contribution in [0, 0.1) is 0 Å². The Hall–Kier alpha value is -2.76. The van der Waals surface area contributed by atoms with E-state index in [1.54, 1.807) is 0 Å². The SMILES string of the molecule is CCc1ccccc1NC(=O)CNC(=O)c1cnccn1. The topological polar surface area (TPSA) is 84.0 Å². The molecule has 0 unspecified atom stereocenters. The number of rotatable bonds is 5. The maximum atomic E-state index is 11.9. The van der Waals surface area contributed by atoms with E-state index in [2.05, 4.69) is 20.6 Å². The molecule has 0 fully saturated rings. The number of para-hydroxylation sites is 1. The van der Waals surface area contributed by atoms with E-state index in [1.807, 2.05) is 31.2 Å². The number of anilines is 1. The van der Waals surface area contributed by atoms with Gasteiger partial charge < -0.3 is 10.6 Å². The number of benzene rings is 1. The Balaban J connectivity index is 1.89. The number of nitrogens with one attached hydrogen (secondary N) is 2. The molecule has 0 bridgehead atoms. The highest BCUT2D eigenvalue weighted by Crippen LogP contribution is 2.14. The van der Waals surface area contributed by atoms with E-state index in [-0.39, 0.29) is 18.1 Å². The average Bonchev–Trinajstić information content (AvgIpc) is 2.54. The van der Waals surface area contributed by atoms with Crippen LogP contribution in [0.1, 0.15) is 23.0 Å². The molecule has 1 aromatic heterocycles. The molecule has 0 aliphatic carbocycles. The molecule has 0 saturated carbocycles. The molecule has 0 radical (unpaired) electrons. The highest BCUT2D eigenvalue weighted by atomic mass is 16.2. The lowest BCUT2D eigenvalue weighted by atomic mass is 10.1. The molecule has 2 amide bonds. The van der Waals surface area contributed by atoms with Crippen LogP contribution in [0.2, 0.25) is 0 Å². The van der Waals surface area contributed by atoms with Crippen LogP contribution in [0.3, 0.4) is 0 Å². The molecule has 1 aromatic carbocycles. The van der Waals surface area contributed by atoms with Crippen molar-refractivity contribution < 1.29 is 9.59 Å². The second-order valence-corrected chi connectivity index (χ2v) is 4.33. The highest BCUT2D eigenvalue weighted by Gasteiger charge is 2.10. The van der Waals surface area contributed by atoms with E-state index in [1.165, 1.54) is 18.6 Å². The van der Waals surface area contributed by atoms with Gasteiger partial charge in [0.15, 0.2) is 0 Å². The maximum absolute atomic E-state index is 11.9. The van der Waals surface area contributed by atoms with Crippen LogP contribution >= 0.6 is 0 Å². The van der Waals surface area contributed by atoms with E-state index in [4.69, 9.17) is 0 Å². The number of aryl methyl sites for hydroxylation is 1. The quantitative estimate of drug-likeness (QED) is 0.869. The Labute approximate surface area is 122 Å². The average molecular weight is 284 g/mol. The Morgan fingerprint density at radius 3 is 2.71 bits per heavy atom. The third-order valence-corrected chi connectivity index (χ3v) is 2.88. The molecule has 21 heavy (non-hydrogen) atoms. The zero-order valence-corrected chi connectivity index (χ0v) is 11.7. The molecule has 0 saturated heterocycles. The number of hydrogen-bond acceptors (Lipinski definition) is 4. The predicted octanol–water partition coefficient (Wildman–Crippen LogP) is 1.41. The lowest BCUT2D eigenvalue weighted by molar-refractivity contribution is -0.115. The smallest absolute Gasteiger partial charge is 0.271 e. The number of hydrogen-bond donors (Lipinski definition) is 2. The Kier molecular flexibility index (Phi) is 4.98. The van der Waals surface area contributed by atoms with E-state index in [0.29, 0.717) is 0 Å². The second kappa shape index (κ2) is 7.14. The van der Waals surface area contributed by atoms with Crippen molar-refractivity contribution in [2.75, 3.05) is 11.9 Å². The van der Waals surface area contributed by atoms with Crippen LogP contribution in [0.5, 0.6) is 0 Å². The zero-order valence-electron chi connectivity index (χ0n) is 11.7. The van der Waals surface area contributed by atoms with Gasteiger partial charge in [-0.3, -0.25) is 14.6 Å². The van der Waals surface area contributed by atoms with Crippen molar-refractivity contribution in [3.8, 4) is 0 Å². The first-order chi connectivity index (χ1) is 10.2. The Morgan fingerprint density at radius 1 is 1.19 bits per heavy atom. The zero-order chi connectivity index (χ0) is 15.1. The Morgan fingerprint density at radius 2 is 2.00 bits per heavy atom. The minimum Gasteiger partial charge on any atom is -0.342 e. The lowest BCUT2D eigenvalue weighted by Crippen LogP contribution is -2.33. The maximum Gasteiger partial charge on any atom is 0.271 e. The normalized spacial score (nSPS) is 9.95. The molecule has 6 heteroatoms. The van der Waals surface area contributed by atoms with Crippen molar-refractivity contribution in [2.24, 2.45) is 0 Å². The van der Waals surface area contributed by atoms with E-state index in [0.717, 1.165) is 17.7 Å². The molecule has 0 atom stereocenters. The van der Waals surface area contributed by atoms with Gasteiger partial charge >= 0.3 is 0 Å². The first-order valence-electron chi connectivity index (χ1n) is 6.62. The van der Waals surface area contributed by atoms with Gasteiger partial charge in [-0.25, -0.2) is 4.98 Å². The second-order valence-electron chi connectivity index (χ2n) is 4.33. The number of nitrogens with zero attached hydrogens (tertiary/aromatic N) is 2. The van der Waals surface area contributed by atoms with Gasteiger partial charge in [0, 0.05) is 18.1 Å². The summed E-state index contributed by atoms with van der Waals surface area (Å²) < 4.78 is 0. The van der Waals surface area contributed by atoms with Gasteiger partial charge in [0.05, 0.1) is 12.7 Å². The first-order valence-corrected chi connectivity index (χ1v) is 6.62. The van der Waals surface area contributed by atoms with Gasteiger partial charge in [0.1, 0.15) is 5.69 Å². The molecular weight excluding hydrogens is 268 g/mol. The van der Waals surface area contributed by atoms with Gasteiger partial charge in [-0.05, 0) is 18.1 Å². The lowest BCUT2D eigenvalue weighted by Gasteiger charge is -2.10. The molecule has 1 heterocycles. The van der Waals surface area contributed by atoms with Crippen LogP contribution < -0.4 is 10.6 Å². The molecule has 6 nitrogen and oxygen atoms in total. The third-order valence-electron chi connectivity index (χ3n) is 2.88. The van der Waals surface area contributed by atoms with Crippen molar-refractivity contribution >= 4 is 17.5 Å². The molecule has 0 aliphatic rings. The summed E-state index contributed by atoms with van der Waals surface area (Å²) in [7, 11) is 0. The summed E-state index contributed by atoms with van der Waals surface area (Å²) in [6, 6.07) is 7.56. The minimum absolute atomic E-state index is 0.118. The van der Waals surface area contributed by atoms with Gasteiger partial charge in [0.25, 0.3) is 5.91 Å². The van der Waals surface area contributed by atoms with Gasteiger partial charge in [0.2, 0.25) is 5.91 Å². The Bertz CT molecular complexity index is 629. The highest BCUT2D eigenvalue weighted by molar-refractivity contribution is 5.98. The van der Waals surface area contributed by atoms with E-state index < -0.39 is 5.91 Å². The van der Waals surface area contributed by atoms with Crippen molar-refractivity contribution in [1.82, 2.24) is 15.3 Å². The number of carbonyl (C=O) groups is 2. The van der Waals surface area contributed by atoms with Crippen LogP contribution in [0.4, 0.5) is 5.69 Å². The van der Waals surface area contributed by atoms with Crippen molar-refractivity contribution in [3.63, 3.8) is 0 Å².